The Morgan fingerprint density at radius 2 is 1.92 bits per heavy atom. The highest BCUT2D eigenvalue weighted by Crippen LogP contribution is 2.29. The van der Waals surface area contributed by atoms with Crippen LogP contribution in [0.1, 0.15) is 18.9 Å². The molecule has 3 nitrogen and oxygen atoms in total. The summed E-state index contributed by atoms with van der Waals surface area (Å²) in [5.41, 5.74) is 13.0. The average Bonchev–Trinajstić information content (AvgIpc) is 2.07. The molecule has 0 aromatic heterocycles. The number of nitrogen functional groups attached to an aromatic ring is 2. The van der Waals surface area contributed by atoms with Gasteiger partial charge in [0.1, 0.15) is 5.75 Å². The number of phenols is 1. The van der Waals surface area contributed by atoms with Crippen molar-refractivity contribution in [3.8, 4) is 5.75 Å². The van der Waals surface area contributed by atoms with E-state index in [9.17, 15) is 5.11 Å². The molecule has 1 rings (SSSR count). The van der Waals surface area contributed by atoms with Gasteiger partial charge in [0.25, 0.3) is 0 Å². The molecule has 0 bridgehead atoms. The number of rotatable bonds is 2. The number of anilines is 2. The summed E-state index contributed by atoms with van der Waals surface area (Å²) < 4.78 is 0. The lowest BCUT2D eigenvalue weighted by Crippen LogP contribution is -1.99. The van der Waals surface area contributed by atoms with Crippen LogP contribution in [0.15, 0.2) is 12.1 Å². The maximum Gasteiger partial charge on any atom is 0.140 e. The molecule has 5 N–H and O–H groups in total. The van der Waals surface area contributed by atoms with Gasteiger partial charge in [-0.15, -0.1) is 0 Å². The van der Waals surface area contributed by atoms with E-state index >= 15 is 0 Å². The first kappa shape index (κ1) is 8.71. The zero-order chi connectivity index (χ0) is 9.14. The van der Waals surface area contributed by atoms with Crippen LogP contribution >= 0.6 is 0 Å². The Balaban J connectivity index is 3.08. The van der Waals surface area contributed by atoms with Crippen molar-refractivity contribution in [2.45, 2.75) is 19.8 Å². The van der Waals surface area contributed by atoms with E-state index in [1.54, 1.807) is 6.07 Å². The van der Waals surface area contributed by atoms with Crippen molar-refractivity contribution in [2.75, 3.05) is 11.5 Å². The number of hydrogen-bond acceptors (Lipinski definition) is 3. The second-order valence-electron chi connectivity index (χ2n) is 2.82. The highest BCUT2D eigenvalue weighted by atomic mass is 16.3. The topological polar surface area (TPSA) is 72.3 Å². The van der Waals surface area contributed by atoms with Gasteiger partial charge in [0.15, 0.2) is 0 Å². The van der Waals surface area contributed by atoms with Crippen LogP contribution in [-0.2, 0) is 6.42 Å². The maximum absolute atomic E-state index is 9.19. The summed E-state index contributed by atoms with van der Waals surface area (Å²) in [6.07, 6.45) is 1.92. The van der Waals surface area contributed by atoms with Gasteiger partial charge in [-0.2, -0.15) is 0 Å². The number of benzene rings is 1. The number of aryl methyl sites for hydroxylation is 1. The third kappa shape index (κ3) is 1.44. The van der Waals surface area contributed by atoms with Gasteiger partial charge in [0.2, 0.25) is 0 Å². The Bertz CT molecular complexity index is 284. The third-order valence-electron chi connectivity index (χ3n) is 1.87. The van der Waals surface area contributed by atoms with Gasteiger partial charge in [-0.25, -0.2) is 0 Å². The van der Waals surface area contributed by atoms with Crippen molar-refractivity contribution in [3.63, 3.8) is 0 Å². The Morgan fingerprint density at radius 3 is 2.50 bits per heavy atom. The molecule has 0 aliphatic heterocycles. The summed E-state index contributed by atoms with van der Waals surface area (Å²) in [6.45, 7) is 2.07. The van der Waals surface area contributed by atoms with E-state index in [1.807, 2.05) is 6.07 Å². The molecular formula is C9H14N2O. The van der Waals surface area contributed by atoms with Crippen LogP contribution in [-0.4, -0.2) is 5.11 Å². The summed E-state index contributed by atoms with van der Waals surface area (Å²) in [6, 6.07) is 3.39. The summed E-state index contributed by atoms with van der Waals surface area (Å²) in [5.74, 6) is 0.0624. The van der Waals surface area contributed by atoms with Crippen LogP contribution in [0.25, 0.3) is 0 Å². The SMILES string of the molecule is CCCc1ccc(O)c(N)c1N. The molecule has 12 heavy (non-hydrogen) atoms. The fraction of sp³-hybridized carbons (Fsp3) is 0.333. The Hall–Kier alpha value is -1.38. The van der Waals surface area contributed by atoms with E-state index in [2.05, 4.69) is 6.92 Å². The van der Waals surface area contributed by atoms with E-state index in [1.165, 1.54) is 0 Å². The van der Waals surface area contributed by atoms with E-state index < -0.39 is 0 Å². The predicted molar refractivity (Wildman–Crippen MR) is 50.9 cm³/mol. The molecule has 1 aromatic carbocycles. The maximum atomic E-state index is 9.19. The molecule has 0 unspecified atom stereocenters. The molecule has 0 saturated heterocycles. The minimum atomic E-state index is 0.0624. The van der Waals surface area contributed by atoms with Gasteiger partial charge in [0, 0.05) is 0 Å². The fourth-order valence-electron chi connectivity index (χ4n) is 1.16. The summed E-state index contributed by atoms with van der Waals surface area (Å²) in [5, 5.41) is 9.19. The lowest BCUT2D eigenvalue weighted by atomic mass is 10.1. The van der Waals surface area contributed by atoms with Crippen molar-refractivity contribution in [2.24, 2.45) is 0 Å². The molecule has 0 aliphatic carbocycles. The fourth-order valence-corrected chi connectivity index (χ4v) is 1.16. The molecule has 66 valence electrons. The first-order valence-corrected chi connectivity index (χ1v) is 4.02. The number of hydrogen-bond donors (Lipinski definition) is 3. The van der Waals surface area contributed by atoms with Gasteiger partial charge in [0.05, 0.1) is 11.4 Å². The van der Waals surface area contributed by atoms with Crippen LogP contribution in [0.5, 0.6) is 5.75 Å². The first-order chi connectivity index (χ1) is 5.66. The standard InChI is InChI=1S/C9H14N2O/c1-2-3-6-4-5-7(12)9(11)8(6)10/h4-5,12H,2-3,10-11H2,1H3. The molecule has 3 heteroatoms. The van der Waals surface area contributed by atoms with Crippen molar-refractivity contribution >= 4 is 11.4 Å². The predicted octanol–water partition coefficient (Wildman–Crippen LogP) is 1.51. The van der Waals surface area contributed by atoms with E-state index in [0.29, 0.717) is 11.4 Å². The molecule has 1 aromatic rings. The molecule has 0 spiro atoms. The minimum absolute atomic E-state index is 0.0624. The van der Waals surface area contributed by atoms with Gasteiger partial charge in [-0.1, -0.05) is 19.4 Å². The molecule has 0 saturated carbocycles. The molecule has 0 aliphatic rings. The van der Waals surface area contributed by atoms with Gasteiger partial charge < -0.3 is 16.6 Å². The molecule has 0 amide bonds. The number of phenolic OH excluding ortho intramolecular Hbond substituents is 1. The normalized spacial score (nSPS) is 10.1. The molecule has 0 radical (unpaired) electrons. The van der Waals surface area contributed by atoms with Crippen molar-refractivity contribution in [1.29, 1.82) is 0 Å². The highest BCUT2D eigenvalue weighted by Gasteiger charge is 2.05. The highest BCUT2D eigenvalue weighted by molar-refractivity contribution is 5.73. The number of nitrogens with two attached hydrogens (primary N) is 2. The van der Waals surface area contributed by atoms with Crippen molar-refractivity contribution < 1.29 is 5.11 Å². The molecular weight excluding hydrogens is 152 g/mol. The first-order valence-electron chi connectivity index (χ1n) is 4.02. The lowest BCUT2D eigenvalue weighted by molar-refractivity contribution is 0.478. The van der Waals surface area contributed by atoms with Gasteiger partial charge in [-0.3, -0.25) is 0 Å². The monoisotopic (exact) mass is 166 g/mol. The molecule has 0 fully saturated rings. The van der Waals surface area contributed by atoms with Gasteiger partial charge >= 0.3 is 0 Å². The minimum Gasteiger partial charge on any atom is -0.506 e. The number of aromatic hydroxyl groups is 1. The van der Waals surface area contributed by atoms with Crippen LogP contribution in [0, 0.1) is 0 Å². The van der Waals surface area contributed by atoms with Crippen LogP contribution in [0.3, 0.4) is 0 Å². The molecule has 0 heterocycles. The summed E-state index contributed by atoms with van der Waals surface area (Å²) >= 11 is 0. The van der Waals surface area contributed by atoms with E-state index in [0.717, 1.165) is 18.4 Å². The second-order valence-corrected chi connectivity index (χ2v) is 2.82. The lowest BCUT2D eigenvalue weighted by Gasteiger charge is -2.08. The van der Waals surface area contributed by atoms with Gasteiger partial charge in [-0.05, 0) is 18.1 Å². The average molecular weight is 166 g/mol. The van der Waals surface area contributed by atoms with Crippen LogP contribution in [0.2, 0.25) is 0 Å². The van der Waals surface area contributed by atoms with E-state index in [-0.39, 0.29) is 5.75 Å². The zero-order valence-electron chi connectivity index (χ0n) is 7.17. The Kier molecular flexibility index (Phi) is 2.43. The molecule has 0 atom stereocenters. The quantitative estimate of drug-likeness (QED) is 0.460. The Morgan fingerprint density at radius 1 is 1.25 bits per heavy atom. The van der Waals surface area contributed by atoms with Crippen LogP contribution in [0.4, 0.5) is 11.4 Å². The van der Waals surface area contributed by atoms with Crippen molar-refractivity contribution in [1.82, 2.24) is 0 Å². The largest absolute Gasteiger partial charge is 0.506 e. The van der Waals surface area contributed by atoms with Crippen molar-refractivity contribution in [3.05, 3.63) is 17.7 Å². The second kappa shape index (κ2) is 3.34. The summed E-state index contributed by atoms with van der Waals surface area (Å²) in [4.78, 5) is 0. The Labute approximate surface area is 72.0 Å². The third-order valence-corrected chi connectivity index (χ3v) is 1.87. The van der Waals surface area contributed by atoms with Crippen LogP contribution < -0.4 is 11.5 Å². The van der Waals surface area contributed by atoms with E-state index in [4.69, 9.17) is 11.5 Å². The smallest absolute Gasteiger partial charge is 0.140 e. The zero-order valence-corrected chi connectivity index (χ0v) is 7.17. The summed E-state index contributed by atoms with van der Waals surface area (Å²) in [7, 11) is 0.